The van der Waals surface area contributed by atoms with Crippen molar-refractivity contribution in [2.24, 2.45) is 17.8 Å². The predicted octanol–water partition coefficient (Wildman–Crippen LogP) is 5.73. The lowest BCUT2D eigenvalue weighted by Crippen LogP contribution is -2.42. The van der Waals surface area contributed by atoms with Crippen molar-refractivity contribution in [2.45, 2.75) is 59.5 Å². The maximum atomic E-state index is 12.3. The maximum Gasteiger partial charge on any atom is 0.410 e. The van der Waals surface area contributed by atoms with E-state index < -0.39 is 5.60 Å². The number of benzene rings is 1. The van der Waals surface area contributed by atoms with Gasteiger partial charge in [-0.05, 0) is 76.0 Å². The molecule has 6 nitrogen and oxygen atoms in total. The molecule has 0 N–H and O–H groups in total. The van der Waals surface area contributed by atoms with Crippen LogP contribution < -0.4 is 4.74 Å². The molecule has 1 aliphatic heterocycles. The number of ether oxygens (including phenoxy) is 2. The van der Waals surface area contributed by atoms with Crippen molar-refractivity contribution < 1.29 is 19.1 Å². The van der Waals surface area contributed by atoms with Gasteiger partial charge in [-0.15, -0.1) is 0 Å². The molecule has 1 aromatic rings. The fourth-order valence-electron chi connectivity index (χ4n) is 4.11. The molecule has 2 rings (SSSR count). The van der Waals surface area contributed by atoms with Gasteiger partial charge in [0.15, 0.2) is 0 Å². The summed E-state index contributed by atoms with van der Waals surface area (Å²) < 4.78 is 11.4. The molecule has 7 heteroatoms. The second-order valence-electron chi connectivity index (χ2n) is 10.3. The number of halogens is 1. The first-order chi connectivity index (χ1) is 14.9. The van der Waals surface area contributed by atoms with Crippen LogP contribution in [0.5, 0.6) is 5.75 Å². The third-order valence-corrected chi connectivity index (χ3v) is 6.19. The quantitative estimate of drug-likeness (QED) is 0.514. The summed E-state index contributed by atoms with van der Waals surface area (Å²) >= 11 is 6.27. The second-order valence-corrected chi connectivity index (χ2v) is 10.7. The highest BCUT2D eigenvalue weighted by Gasteiger charge is 2.29. The van der Waals surface area contributed by atoms with Crippen molar-refractivity contribution in [3.05, 3.63) is 28.8 Å². The van der Waals surface area contributed by atoms with Gasteiger partial charge in [0, 0.05) is 27.2 Å². The van der Waals surface area contributed by atoms with Gasteiger partial charge >= 0.3 is 6.09 Å². The van der Waals surface area contributed by atoms with Gasteiger partial charge < -0.3 is 19.3 Å². The van der Waals surface area contributed by atoms with Gasteiger partial charge in [0.2, 0.25) is 0 Å². The number of piperidine rings is 1. The monoisotopic (exact) mass is 466 g/mol. The van der Waals surface area contributed by atoms with E-state index in [0.29, 0.717) is 40.7 Å². The molecule has 0 radical (unpaired) electrons. The molecule has 2 amide bonds. The minimum atomic E-state index is -0.455. The van der Waals surface area contributed by atoms with E-state index in [2.05, 4.69) is 13.8 Å². The van der Waals surface area contributed by atoms with Crippen LogP contribution in [0.2, 0.25) is 5.02 Å². The van der Waals surface area contributed by atoms with E-state index in [4.69, 9.17) is 21.1 Å². The summed E-state index contributed by atoms with van der Waals surface area (Å²) in [6.45, 7) is 12.3. The Hall–Kier alpha value is -1.95. The van der Waals surface area contributed by atoms with E-state index >= 15 is 0 Å². The Balaban J connectivity index is 1.78. The van der Waals surface area contributed by atoms with Crippen molar-refractivity contribution in [3.63, 3.8) is 0 Å². The van der Waals surface area contributed by atoms with Gasteiger partial charge in [0.25, 0.3) is 5.91 Å². The van der Waals surface area contributed by atoms with E-state index in [1.165, 1.54) is 4.90 Å². The molecule has 2 atom stereocenters. The van der Waals surface area contributed by atoms with Crippen molar-refractivity contribution in [1.29, 1.82) is 0 Å². The van der Waals surface area contributed by atoms with Crippen LogP contribution in [0.15, 0.2) is 18.2 Å². The first kappa shape index (κ1) is 26.3. The Morgan fingerprint density at radius 1 is 1.19 bits per heavy atom. The van der Waals surface area contributed by atoms with Crippen LogP contribution in [-0.4, -0.2) is 61.2 Å². The number of carbonyl (C=O) groups is 2. The normalized spacial score (nSPS) is 16.9. The number of nitrogens with zero attached hydrogens (tertiary/aromatic N) is 2. The van der Waals surface area contributed by atoms with Gasteiger partial charge in [-0.1, -0.05) is 25.4 Å². The number of amides is 2. The smallest absolute Gasteiger partial charge is 0.410 e. The van der Waals surface area contributed by atoms with Crippen molar-refractivity contribution in [2.75, 3.05) is 33.8 Å². The molecule has 0 spiro atoms. The number of likely N-dealkylation sites (tertiary alicyclic amines) is 1. The number of rotatable bonds is 7. The molecule has 1 heterocycles. The van der Waals surface area contributed by atoms with Crippen LogP contribution >= 0.6 is 11.6 Å². The van der Waals surface area contributed by atoms with Crippen LogP contribution in [-0.2, 0) is 4.74 Å². The van der Waals surface area contributed by atoms with E-state index in [-0.39, 0.29) is 12.0 Å². The van der Waals surface area contributed by atoms with E-state index in [0.717, 1.165) is 32.4 Å². The topological polar surface area (TPSA) is 59.1 Å². The fourth-order valence-corrected chi connectivity index (χ4v) is 4.36. The van der Waals surface area contributed by atoms with Crippen LogP contribution in [0.3, 0.4) is 0 Å². The molecule has 0 saturated carbocycles. The number of hydrogen-bond acceptors (Lipinski definition) is 4. The molecule has 1 saturated heterocycles. The fraction of sp³-hybridized carbons (Fsp3) is 0.680. The van der Waals surface area contributed by atoms with Crippen molar-refractivity contribution in [3.8, 4) is 5.75 Å². The van der Waals surface area contributed by atoms with Crippen molar-refractivity contribution >= 4 is 23.6 Å². The summed E-state index contributed by atoms with van der Waals surface area (Å²) in [5.41, 5.74) is 0.0201. The molecule has 1 aliphatic rings. The largest absolute Gasteiger partial charge is 0.493 e. The zero-order valence-corrected chi connectivity index (χ0v) is 21.4. The Morgan fingerprint density at radius 3 is 2.34 bits per heavy atom. The van der Waals surface area contributed by atoms with E-state index in [9.17, 15) is 9.59 Å². The van der Waals surface area contributed by atoms with Crippen LogP contribution in [0.4, 0.5) is 4.79 Å². The summed E-state index contributed by atoms with van der Waals surface area (Å²) in [6, 6.07) is 5.22. The standard InChI is InChI=1S/C25H39ClN2O4/c1-17(16-31-20-8-9-21(22(26)15-20)23(29)27(6)7)14-18(2)19-10-12-28(13-11-19)24(30)32-25(3,4)5/h8-9,15,17-19H,10-14,16H2,1-7H3. The molecule has 0 bridgehead atoms. The third-order valence-electron chi connectivity index (χ3n) is 5.88. The summed E-state index contributed by atoms with van der Waals surface area (Å²) in [6.07, 6.45) is 2.86. The molecule has 0 aliphatic carbocycles. The lowest BCUT2D eigenvalue weighted by Gasteiger charge is -2.36. The zero-order chi connectivity index (χ0) is 24.1. The molecule has 180 valence electrons. The molecule has 1 aromatic carbocycles. The average molecular weight is 467 g/mol. The first-order valence-electron chi connectivity index (χ1n) is 11.5. The number of carbonyl (C=O) groups excluding carboxylic acids is 2. The molecule has 32 heavy (non-hydrogen) atoms. The van der Waals surface area contributed by atoms with Crippen LogP contribution in [0.25, 0.3) is 0 Å². The number of hydrogen-bond donors (Lipinski definition) is 0. The molecule has 1 fully saturated rings. The Bertz CT molecular complexity index is 783. The highest BCUT2D eigenvalue weighted by molar-refractivity contribution is 6.34. The van der Waals surface area contributed by atoms with Crippen molar-refractivity contribution in [1.82, 2.24) is 9.80 Å². The molecular weight excluding hydrogens is 428 g/mol. The summed E-state index contributed by atoms with van der Waals surface area (Å²) in [5.74, 6) is 2.09. The van der Waals surface area contributed by atoms with Crippen LogP contribution in [0, 0.1) is 17.8 Å². The van der Waals surface area contributed by atoms with Crippen LogP contribution in [0.1, 0.15) is 64.2 Å². The Kier molecular flexibility index (Phi) is 9.26. The Morgan fingerprint density at radius 2 is 1.81 bits per heavy atom. The highest BCUT2D eigenvalue weighted by Crippen LogP contribution is 2.30. The van der Waals surface area contributed by atoms with Gasteiger partial charge in [-0.25, -0.2) is 4.79 Å². The first-order valence-corrected chi connectivity index (χ1v) is 11.9. The summed E-state index contributed by atoms with van der Waals surface area (Å²) in [7, 11) is 3.40. The van der Waals surface area contributed by atoms with Gasteiger partial charge in [0.1, 0.15) is 11.4 Å². The maximum absolute atomic E-state index is 12.3. The summed E-state index contributed by atoms with van der Waals surface area (Å²) in [4.78, 5) is 27.7. The van der Waals surface area contributed by atoms with Gasteiger partial charge in [0.05, 0.1) is 17.2 Å². The minimum absolute atomic E-state index is 0.124. The second kappa shape index (κ2) is 11.3. The summed E-state index contributed by atoms with van der Waals surface area (Å²) in [5, 5.41) is 0.402. The van der Waals surface area contributed by atoms with Gasteiger partial charge in [-0.3, -0.25) is 4.79 Å². The SMILES string of the molecule is CC(COc1ccc(C(=O)N(C)C)c(Cl)c1)CC(C)C1CCN(C(=O)OC(C)(C)C)CC1. The third kappa shape index (κ3) is 7.88. The van der Waals surface area contributed by atoms with E-state index in [1.807, 2.05) is 25.7 Å². The van der Waals surface area contributed by atoms with Gasteiger partial charge in [-0.2, -0.15) is 0 Å². The minimum Gasteiger partial charge on any atom is -0.493 e. The highest BCUT2D eigenvalue weighted by atomic mass is 35.5. The zero-order valence-electron chi connectivity index (χ0n) is 20.6. The lowest BCUT2D eigenvalue weighted by atomic mass is 9.81. The average Bonchev–Trinajstić information content (AvgIpc) is 2.70. The lowest BCUT2D eigenvalue weighted by molar-refractivity contribution is 0.0156. The molecule has 2 unspecified atom stereocenters. The molecular formula is C25H39ClN2O4. The Labute approximate surface area is 198 Å². The van der Waals surface area contributed by atoms with E-state index in [1.54, 1.807) is 32.3 Å². The predicted molar refractivity (Wildman–Crippen MR) is 128 cm³/mol. The molecule has 0 aromatic heterocycles.